The van der Waals surface area contributed by atoms with Gasteiger partial charge in [0.25, 0.3) is 0 Å². The molecule has 108 valence electrons. The Bertz CT molecular complexity index is 587. The van der Waals surface area contributed by atoms with Crippen molar-refractivity contribution in [1.29, 1.82) is 0 Å². The molecule has 0 aliphatic heterocycles. The zero-order valence-electron chi connectivity index (χ0n) is 12.2. The highest BCUT2D eigenvalue weighted by molar-refractivity contribution is 5.53. The molecule has 2 rings (SSSR count). The summed E-state index contributed by atoms with van der Waals surface area (Å²) in [6.45, 7) is 5.81. The molecule has 2 aromatic rings. The first-order valence-electron chi connectivity index (χ1n) is 6.41. The first kappa shape index (κ1) is 14.3. The highest BCUT2D eigenvalue weighted by Crippen LogP contribution is 2.15. The van der Waals surface area contributed by atoms with Crippen LogP contribution in [0.4, 0.5) is 17.5 Å². The molecule has 7 nitrogen and oxygen atoms in total. The number of nitrogens with one attached hydrogen (secondary N) is 2. The zero-order chi connectivity index (χ0) is 14.8. The molecular weight excluding hydrogens is 256 g/mol. The van der Waals surface area contributed by atoms with E-state index in [0.717, 1.165) is 17.2 Å². The monoisotopic (exact) mass is 276 g/mol. The van der Waals surface area contributed by atoms with Gasteiger partial charge in [-0.25, -0.2) is 4.98 Å². The molecule has 0 aliphatic carbocycles. The second kappa shape index (κ2) is 5.46. The fourth-order valence-corrected chi connectivity index (χ4v) is 1.79. The minimum absolute atomic E-state index is 0.422. The molecule has 0 bridgehead atoms. The van der Waals surface area contributed by atoms with Crippen LogP contribution in [0.2, 0.25) is 0 Å². The summed E-state index contributed by atoms with van der Waals surface area (Å²) in [7, 11) is 1.81. The lowest BCUT2D eigenvalue weighted by atomic mass is 10.1. The van der Waals surface area contributed by atoms with E-state index in [4.69, 9.17) is 0 Å². The van der Waals surface area contributed by atoms with Gasteiger partial charge in [-0.1, -0.05) is 0 Å². The van der Waals surface area contributed by atoms with Gasteiger partial charge in [0.15, 0.2) is 0 Å². The fourth-order valence-electron chi connectivity index (χ4n) is 1.79. The molecule has 0 saturated heterocycles. The number of rotatable bonds is 5. The molecule has 0 amide bonds. The van der Waals surface area contributed by atoms with Crippen LogP contribution >= 0.6 is 0 Å². The highest BCUT2D eigenvalue weighted by atomic mass is 16.3. The Morgan fingerprint density at radius 1 is 1.35 bits per heavy atom. The van der Waals surface area contributed by atoms with Crippen LogP contribution < -0.4 is 10.6 Å². The molecule has 0 unspecified atom stereocenters. The van der Waals surface area contributed by atoms with E-state index in [0.29, 0.717) is 12.5 Å². The maximum atomic E-state index is 9.76. The van der Waals surface area contributed by atoms with Gasteiger partial charge in [-0.3, -0.25) is 4.68 Å². The van der Waals surface area contributed by atoms with Gasteiger partial charge in [0.05, 0.1) is 24.0 Å². The maximum absolute atomic E-state index is 9.76. The molecular formula is C13H20N6O. The van der Waals surface area contributed by atoms with Crippen molar-refractivity contribution in [1.82, 2.24) is 19.7 Å². The van der Waals surface area contributed by atoms with Crippen LogP contribution in [0.1, 0.15) is 19.5 Å². The molecule has 0 atom stereocenters. The molecule has 7 heteroatoms. The minimum atomic E-state index is -0.803. The average molecular weight is 276 g/mol. The van der Waals surface area contributed by atoms with Crippen molar-refractivity contribution in [3.63, 3.8) is 0 Å². The molecule has 0 aromatic carbocycles. The highest BCUT2D eigenvalue weighted by Gasteiger charge is 2.14. The summed E-state index contributed by atoms with van der Waals surface area (Å²) in [5, 5.41) is 20.0. The molecule has 0 fully saturated rings. The third kappa shape index (κ3) is 3.92. The van der Waals surface area contributed by atoms with Crippen molar-refractivity contribution in [3.8, 4) is 0 Å². The van der Waals surface area contributed by atoms with Crippen LogP contribution in [-0.2, 0) is 6.54 Å². The molecule has 2 aromatic heterocycles. The number of aliphatic hydroxyl groups is 1. The molecule has 0 saturated carbocycles. The average Bonchev–Trinajstić information content (AvgIpc) is 2.73. The zero-order valence-corrected chi connectivity index (χ0v) is 12.2. The third-order valence-electron chi connectivity index (χ3n) is 2.55. The van der Waals surface area contributed by atoms with Crippen LogP contribution in [0.3, 0.4) is 0 Å². The molecule has 0 aliphatic rings. The largest absolute Gasteiger partial charge is 0.389 e. The second-order valence-electron chi connectivity index (χ2n) is 5.33. The molecule has 0 spiro atoms. The van der Waals surface area contributed by atoms with E-state index in [1.165, 1.54) is 0 Å². The third-order valence-corrected chi connectivity index (χ3v) is 2.55. The first-order valence-corrected chi connectivity index (χ1v) is 6.41. The Hall–Kier alpha value is -2.15. The lowest BCUT2D eigenvalue weighted by Crippen LogP contribution is -2.26. The van der Waals surface area contributed by atoms with Crippen LogP contribution in [-0.4, -0.2) is 37.5 Å². The Balaban J connectivity index is 2.12. The molecule has 0 radical (unpaired) electrons. The van der Waals surface area contributed by atoms with Crippen molar-refractivity contribution in [2.75, 3.05) is 17.7 Å². The fraction of sp³-hybridized carbons (Fsp3) is 0.462. The lowest BCUT2D eigenvalue weighted by molar-refractivity contribution is 0.0578. The summed E-state index contributed by atoms with van der Waals surface area (Å²) < 4.78 is 1.68. The van der Waals surface area contributed by atoms with Crippen molar-refractivity contribution in [2.24, 2.45) is 0 Å². The van der Waals surface area contributed by atoms with Gasteiger partial charge in [0.2, 0.25) is 5.95 Å². The predicted molar refractivity (Wildman–Crippen MR) is 78.1 cm³/mol. The van der Waals surface area contributed by atoms with E-state index < -0.39 is 5.60 Å². The summed E-state index contributed by atoms with van der Waals surface area (Å²) in [6, 6.07) is 1.86. The lowest BCUT2D eigenvalue weighted by Gasteiger charge is -2.16. The van der Waals surface area contributed by atoms with E-state index >= 15 is 0 Å². The Morgan fingerprint density at radius 2 is 2.10 bits per heavy atom. The number of aryl methyl sites for hydroxylation is 1. The van der Waals surface area contributed by atoms with E-state index in [1.54, 1.807) is 24.7 Å². The smallest absolute Gasteiger partial charge is 0.229 e. The Kier molecular flexibility index (Phi) is 3.89. The summed E-state index contributed by atoms with van der Waals surface area (Å²) in [6.07, 6.45) is 3.49. The van der Waals surface area contributed by atoms with Gasteiger partial charge in [-0.2, -0.15) is 10.1 Å². The van der Waals surface area contributed by atoms with Gasteiger partial charge in [-0.15, -0.1) is 0 Å². The summed E-state index contributed by atoms with van der Waals surface area (Å²) in [5.74, 6) is 1.26. The van der Waals surface area contributed by atoms with Crippen molar-refractivity contribution < 1.29 is 5.11 Å². The van der Waals surface area contributed by atoms with Gasteiger partial charge in [-0.05, 0) is 20.8 Å². The summed E-state index contributed by atoms with van der Waals surface area (Å²) in [5.41, 5.74) is 0.847. The van der Waals surface area contributed by atoms with Gasteiger partial charge in [0.1, 0.15) is 5.82 Å². The van der Waals surface area contributed by atoms with E-state index in [9.17, 15) is 5.11 Å². The number of hydrogen-bond donors (Lipinski definition) is 3. The normalized spacial score (nSPS) is 11.4. The van der Waals surface area contributed by atoms with Gasteiger partial charge >= 0.3 is 0 Å². The summed E-state index contributed by atoms with van der Waals surface area (Å²) in [4.78, 5) is 8.62. The van der Waals surface area contributed by atoms with Crippen LogP contribution in [0.15, 0.2) is 18.5 Å². The number of nitrogens with zero attached hydrogens (tertiary/aromatic N) is 4. The number of anilines is 3. The standard InChI is InChI=1S/C13H20N6O/c1-9-5-11(14-4)18-12(16-9)17-10-6-15-19(7-10)8-13(2,3)20/h5-7,20H,8H2,1-4H3,(H2,14,16,17,18). The second-order valence-corrected chi connectivity index (χ2v) is 5.33. The predicted octanol–water partition coefficient (Wildman–Crippen LogP) is 1.54. The van der Waals surface area contributed by atoms with Crippen LogP contribution in [0.25, 0.3) is 0 Å². The van der Waals surface area contributed by atoms with Crippen molar-refractivity contribution in [3.05, 3.63) is 24.2 Å². The van der Waals surface area contributed by atoms with Gasteiger partial charge in [0, 0.05) is 25.0 Å². The number of aromatic nitrogens is 4. The number of hydrogen-bond acceptors (Lipinski definition) is 6. The molecule has 20 heavy (non-hydrogen) atoms. The van der Waals surface area contributed by atoms with E-state index in [1.807, 2.05) is 26.2 Å². The van der Waals surface area contributed by atoms with Crippen LogP contribution in [0, 0.1) is 6.92 Å². The topological polar surface area (TPSA) is 87.9 Å². The first-order chi connectivity index (χ1) is 9.35. The van der Waals surface area contributed by atoms with E-state index in [-0.39, 0.29) is 0 Å². The van der Waals surface area contributed by atoms with Crippen molar-refractivity contribution >= 4 is 17.5 Å². The summed E-state index contributed by atoms with van der Waals surface area (Å²) >= 11 is 0. The minimum Gasteiger partial charge on any atom is -0.389 e. The SMILES string of the molecule is CNc1cc(C)nc(Nc2cnn(CC(C)(C)O)c2)n1. The molecule has 3 N–H and O–H groups in total. The van der Waals surface area contributed by atoms with E-state index in [2.05, 4.69) is 25.7 Å². The Morgan fingerprint density at radius 3 is 2.75 bits per heavy atom. The van der Waals surface area contributed by atoms with Crippen molar-refractivity contribution in [2.45, 2.75) is 32.9 Å². The molecule has 2 heterocycles. The maximum Gasteiger partial charge on any atom is 0.229 e. The quantitative estimate of drug-likeness (QED) is 0.767. The van der Waals surface area contributed by atoms with Gasteiger partial charge < -0.3 is 15.7 Å². The Labute approximate surface area is 118 Å². The van der Waals surface area contributed by atoms with Crippen LogP contribution in [0.5, 0.6) is 0 Å².